The Morgan fingerprint density at radius 1 is 1.06 bits per heavy atom. The third-order valence-corrected chi connectivity index (χ3v) is 5.49. The van der Waals surface area contributed by atoms with Gasteiger partial charge in [0.25, 0.3) is 0 Å². The number of rotatable bonds is 6. The topological polar surface area (TPSA) is 90.6 Å². The van der Waals surface area contributed by atoms with E-state index in [1.165, 1.54) is 12.4 Å². The van der Waals surface area contributed by atoms with Crippen LogP contribution in [-0.4, -0.2) is 29.7 Å². The van der Waals surface area contributed by atoms with Gasteiger partial charge in [-0.25, -0.2) is 24.3 Å². The van der Waals surface area contributed by atoms with E-state index in [0.717, 1.165) is 11.1 Å². The number of aromatic nitrogens is 6. The monoisotopic (exact) mass is 475 g/mol. The number of fused-ring (bicyclic) bond motifs is 1. The summed E-state index contributed by atoms with van der Waals surface area (Å²) >= 11 is 5.96. The average Bonchev–Trinajstić information content (AvgIpc) is 3.29. The number of anilines is 2. The van der Waals surface area contributed by atoms with Gasteiger partial charge in [-0.05, 0) is 42.8 Å². The fourth-order valence-corrected chi connectivity index (χ4v) is 3.74. The molecule has 0 saturated carbocycles. The molecular formula is C24H19ClFN7O. The standard InChI is InChI=1S/C24H19ClFN7O/c1-14(23-27-7-4-8-28-23)34-20-10-15(16-11-31-33(2)12-16)9-19-21(20)24(30-13-29-19)32-18-6-3-5-17(25)22(18)26/h3-14H,1-2H3,(H,29,30,32)/t14-/m1/s1. The van der Waals surface area contributed by atoms with Crippen LogP contribution >= 0.6 is 11.6 Å². The van der Waals surface area contributed by atoms with Gasteiger partial charge >= 0.3 is 0 Å². The maximum Gasteiger partial charge on any atom is 0.168 e. The highest BCUT2D eigenvalue weighted by molar-refractivity contribution is 6.31. The van der Waals surface area contributed by atoms with Crippen LogP contribution in [0.4, 0.5) is 15.9 Å². The van der Waals surface area contributed by atoms with Crippen molar-refractivity contribution in [3.05, 3.63) is 84.2 Å². The fourth-order valence-electron chi connectivity index (χ4n) is 3.57. The van der Waals surface area contributed by atoms with Crippen LogP contribution in [-0.2, 0) is 7.05 Å². The molecule has 0 aliphatic rings. The van der Waals surface area contributed by atoms with E-state index in [2.05, 4.69) is 30.4 Å². The van der Waals surface area contributed by atoms with Gasteiger partial charge in [-0.15, -0.1) is 0 Å². The minimum absolute atomic E-state index is 0.00791. The van der Waals surface area contributed by atoms with Gasteiger partial charge in [0.05, 0.1) is 27.8 Å². The molecule has 3 heterocycles. The Morgan fingerprint density at radius 2 is 1.88 bits per heavy atom. The molecule has 5 aromatic rings. The number of hydrogen-bond donors (Lipinski definition) is 1. The Hall–Kier alpha value is -4.11. The van der Waals surface area contributed by atoms with Gasteiger partial charge in [0, 0.05) is 31.2 Å². The minimum Gasteiger partial charge on any atom is -0.482 e. The Balaban J connectivity index is 1.65. The van der Waals surface area contributed by atoms with Crippen LogP contribution < -0.4 is 10.1 Å². The van der Waals surface area contributed by atoms with Crippen LogP contribution in [0.3, 0.4) is 0 Å². The first kappa shape index (κ1) is 21.7. The van der Waals surface area contributed by atoms with Crippen molar-refractivity contribution in [2.45, 2.75) is 13.0 Å². The van der Waals surface area contributed by atoms with Gasteiger partial charge in [0.2, 0.25) is 0 Å². The molecule has 10 heteroatoms. The summed E-state index contributed by atoms with van der Waals surface area (Å²) in [6, 6.07) is 10.2. The number of ether oxygens (including phenoxy) is 1. The lowest BCUT2D eigenvalue weighted by Gasteiger charge is -2.18. The smallest absolute Gasteiger partial charge is 0.168 e. The van der Waals surface area contributed by atoms with Crippen molar-refractivity contribution < 1.29 is 9.13 Å². The molecule has 2 aromatic carbocycles. The highest BCUT2D eigenvalue weighted by atomic mass is 35.5. The summed E-state index contributed by atoms with van der Waals surface area (Å²) in [5, 5.41) is 7.88. The summed E-state index contributed by atoms with van der Waals surface area (Å²) in [6.07, 6.45) is 7.92. The third kappa shape index (κ3) is 4.25. The van der Waals surface area contributed by atoms with Gasteiger partial charge in [-0.1, -0.05) is 17.7 Å². The lowest BCUT2D eigenvalue weighted by Crippen LogP contribution is -2.08. The van der Waals surface area contributed by atoms with Crippen molar-refractivity contribution in [1.29, 1.82) is 0 Å². The largest absolute Gasteiger partial charge is 0.482 e. The zero-order valence-electron chi connectivity index (χ0n) is 18.3. The van der Waals surface area contributed by atoms with E-state index in [0.29, 0.717) is 28.3 Å². The Kier molecular flexibility index (Phi) is 5.77. The van der Waals surface area contributed by atoms with E-state index in [-0.39, 0.29) is 10.7 Å². The Labute approximate surface area is 199 Å². The van der Waals surface area contributed by atoms with Crippen LogP contribution in [0, 0.1) is 5.82 Å². The second kappa shape index (κ2) is 9.03. The van der Waals surface area contributed by atoms with Crippen molar-refractivity contribution in [2.24, 2.45) is 7.05 Å². The molecule has 1 N–H and O–H groups in total. The molecule has 3 aromatic heterocycles. The lowest BCUT2D eigenvalue weighted by molar-refractivity contribution is 0.219. The summed E-state index contributed by atoms with van der Waals surface area (Å²) in [4.78, 5) is 17.4. The number of hydrogen-bond acceptors (Lipinski definition) is 7. The molecule has 5 rings (SSSR count). The van der Waals surface area contributed by atoms with Crippen molar-refractivity contribution in [2.75, 3.05) is 5.32 Å². The molecule has 170 valence electrons. The van der Waals surface area contributed by atoms with Crippen LogP contribution in [0.2, 0.25) is 5.02 Å². The molecule has 1 atom stereocenters. The average molecular weight is 476 g/mol. The maximum absolute atomic E-state index is 14.6. The zero-order valence-corrected chi connectivity index (χ0v) is 19.0. The molecular weight excluding hydrogens is 457 g/mol. The summed E-state index contributed by atoms with van der Waals surface area (Å²) < 4.78 is 22.7. The number of aryl methyl sites for hydroxylation is 1. The van der Waals surface area contributed by atoms with Crippen LogP contribution in [0.1, 0.15) is 18.9 Å². The minimum atomic E-state index is -0.573. The maximum atomic E-state index is 14.6. The zero-order chi connectivity index (χ0) is 23.7. The fraction of sp³-hybridized carbons (Fsp3) is 0.125. The summed E-state index contributed by atoms with van der Waals surface area (Å²) in [5.41, 5.74) is 2.55. The van der Waals surface area contributed by atoms with Crippen molar-refractivity contribution >= 4 is 34.0 Å². The van der Waals surface area contributed by atoms with Crippen molar-refractivity contribution in [3.8, 4) is 16.9 Å². The second-order valence-electron chi connectivity index (χ2n) is 7.59. The molecule has 0 saturated heterocycles. The van der Waals surface area contributed by atoms with Crippen LogP contribution in [0.15, 0.2) is 67.5 Å². The van der Waals surface area contributed by atoms with Crippen molar-refractivity contribution in [1.82, 2.24) is 29.7 Å². The van der Waals surface area contributed by atoms with Gasteiger partial charge in [0.15, 0.2) is 17.7 Å². The molecule has 0 radical (unpaired) electrons. The van der Waals surface area contributed by atoms with E-state index in [1.54, 1.807) is 41.5 Å². The first-order chi connectivity index (χ1) is 16.5. The van der Waals surface area contributed by atoms with E-state index in [1.807, 2.05) is 32.3 Å². The predicted octanol–water partition coefficient (Wildman–Crippen LogP) is 5.50. The quantitative estimate of drug-likeness (QED) is 0.347. The Bertz CT molecular complexity index is 1480. The molecule has 0 aliphatic carbocycles. The molecule has 0 amide bonds. The number of nitrogens with one attached hydrogen (secondary N) is 1. The van der Waals surface area contributed by atoms with Crippen molar-refractivity contribution in [3.63, 3.8) is 0 Å². The van der Waals surface area contributed by atoms with Crippen LogP contribution in [0.5, 0.6) is 5.75 Å². The lowest BCUT2D eigenvalue weighted by atomic mass is 10.1. The van der Waals surface area contributed by atoms with Gasteiger partial charge in [-0.3, -0.25) is 4.68 Å². The molecule has 0 fully saturated rings. The molecule has 34 heavy (non-hydrogen) atoms. The van der Waals surface area contributed by atoms with Crippen LogP contribution in [0.25, 0.3) is 22.0 Å². The Morgan fingerprint density at radius 3 is 2.65 bits per heavy atom. The van der Waals surface area contributed by atoms with Gasteiger partial charge < -0.3 is 10.1 Å². The summed E-state index contributed by atoms with van der Waals surface area (Å²) in [7, 11) is 1.85. The number of nitrogens with zero attached hydrogens (tertiary/aromatic N) is 6. The molecule has 0 aliphatic heterocycles. The van der Waals surface area contributed by atoms with Gasteiger partial charge in [0.1, 0.15) is 17.9 Å². The van der Waals surface area contributed by atoms with E-state index >= 15 is 0 Å². The SMILES string of the molecule is C[C@@H](Oc1cc(-c2cnn(C)c2)cc2ncnc(Nc3cccc(Cl)c3F)c12)c1ncccn1. The van der Waals surface area contributed by atoms with E-state index in [9.17, 15) is 4.39 Å². The normalized spacial score (nSPS) is 12.0. The van der Waals surface area contributed by atoms with Gasteiger partial charge in [-0.2, -0.15) is 5.10 Å². The number of halogens is 2. The van der Waals surface area contributed by atoms with E-state index < -0.39 is 11.9 Å². The molecule has 0 unspecified atom stereocenters. The molecule has 0 bridgehead atoms. The first-order valence-corrected chi connectivity index (χ1v) is 10.8. The predicted molar refractivity (Wildman–Crippen MR) is 128 cm³/mol. The molecule has 8 nitrogen and oxygen atoms in total. The first-order valence-electron chi connectivity index (χ1n) is 10.4. The summed E-state index contributed by atoms with van der Waals surface area (Å²) in [6.45, 7) is 1.85. The second-order valence-corrected chi connectivity index (χ2v) is 7.99. The van der Waals surface area contributed by atoms with E-state index in [4.69, 9.17) is 16.3 Å². The molecule has 0 spiro atoms. The highest BCUT2D eigenvalue weighted by Crippen LogP contribution is 2.38. The number of benzene rings is 2. The highest BCUT2D eigenvalue weighted by Gasteiger charge is 2.19. The summed E-state index contributed by atoms with van der Waals surface area (Å²) in [5.74, 6) is 0.813. The third-order valence-electron chi connectivity index (χ3n) is 5.20.